The van der Waals surface area contributed by atoms with Crippen LogP contribution in [0.25, 0.3) is 5.65 Å². The second-order valence-corrected chi connectivity index (χ2v) is 3.75. The zero-order valence-electron chi connectivity index (χ0n) is 9.02. The van der Waals surface area contributed by atoms with Gasteiger partial charge in [-0.3, -0.25) is 4.79 Å². The SMILES string of the molecule is O=c1ccc2nncn2n1Cc1ccccc1. The van der Waals surface area contributed by atoms with Crippen molar-refractivity contribution >= 4 is 5.65 Å². The first-order valence-corrected chi connectivity index (χ1v) is 5.28. The molecule has 17 heavy (non-hydrogen) atoms. The molecule has 0 atom stereocenters. The second kappa shape index (κ2) is 3.86. The normalized spacial score (nSPS) is 10.8. The lowest BCUT2D eigenvalue weighted by Crippen LogP contribution is -2.25. The Labute approximate surface area is 96.9 Å². The average molecular weight is 226 g/mol. The number of rotatable bonds is 2. The van der Waals surface area contributed by atoms with Gasteiger partial charge < -0.3 is 0 Å². The van der Waals surface area contributed by atoms with Crippen molar-refractivity contribution in [2.24, 2.45) is 0 Å². The number of hydrogen-bond donors (Lipinski definition) is 0. The van der Waals surface area contributed by atoms with Gasteiger partial charge in [-0.1, -0.05) is 30.3 Å². The lowest BCUT2D eigenvalue weighted by atomic mass is 10.2. The van der Waals surface area contributed by atoms with Crippen molar-refractivity contribution < 1.29 is 0 Å². The fourth-order valence-electron chi connectivity index (χ4n) is 1.78. The van der Waals surface area contributed by atoms with Crippen molar-refractivity contribution in [3.63, 3.8) is 0 Å². The van der Waals surface area contributed by atoms with Gasteiger partial charge in [0.2, 0.25) is 0 Å². The second-order valence-electron chi connectivity index (χ2n) is 3.75. The molecule has 0 amide bonds. The lowest BCUT2D eigenvalue weighted by Gasteiger charge is -2.07. The molecular weight excluding hydrogens is 216 g/mol. The molecule has 84 valence electrons. The highest BCUT2D eigenvalue weighted by Gasteiger charge is 2.03. The molecule has 0 aliphatic heterocycles. The number of nitrogens with zero attached hydrogens (tertiary/aromatic N) is 4. The molecular formula is C12H10N4O. The van der Waals surface area contributed by atoms with Crippen molar-refractivity contribution in [3.8, 4) is 0 Å². The van der Waals surface area contributed by atoms with Crippen LogP contribution in [0.3, 0.4) is 0 Å². The highest BCUT2D eigenvalue weighted by Crippen LogP contribution is 2.01. The molecule has 0 aliphatic carbocycles. The summed E-state index contributed by atoms with van der Waals surface area (Å²) in [6.07, 6.45) is 1.54. The third kappa shape index (κ3) is 1.71. The van der Waals surface area contributed by atoms with E-state index in [1.54, 1.807) is 21.6 Å². The maximum atomic E-state index is 11.8. The minimum atomic E-state index is -0.0684. The standard InChI is InChI=1S/C12H10N4O/c17-12-7-6-11-14-13-9-16(11)15(12)8-10-4-2-1-3-5-10/h1-7,9H,8H2. The summed E-state index contributed by atoms with van der Waals surface area (Å²) in [6.45, 7) is 0.509. The molecule has 3 rings (SSSR count). The average Bonchev–Trinajstić information content (AvgIpc) is 2.83. The van der Waals surface area contributed by atoms with E-state index in [-0.39, 0.29) is 5.56 Å². The third-order valence-corrected chi connectivity index (χ3v) is 2.62. The Morgan fingerprint density at radius 2 is 1.88 bits per heavy atom. The molecule has 0 bridgehead atoms. The molecule has 2 aromatic heterocycles. The third-order valence-electron chi connectivity index (χ3n) is 2.62. The summed E-state index contributed by atoms with van der Waals surface area (Å²) in [7, 11) is 0. The molecule has 0 radical (unpaired) electrons. The summed E-state index contributed by atoms with van der Waals surface area (Å²) < 4.78 is 3.26. The molecule has 3 aromatic rings. The van der Waals surface area contributed by atoms with Crippen LogP contribution < -0.4 is 5.56 Å². The zero-order chi connectivity index (χ0) is 11.7. The molecule has 5 heteroatoms. The smallest absolute Gasteiger partial charge is 0.265 e. The minimum absolute atomic E-state index is 0.0684. The molecule has 0 fully saturated rings. The Kier molecular flexibility index (Phi) is 2.22. The van der Waals surface area contributed by atoms with E-state index < -0.39 is 0 Å². The van der Waals surface area contributed by atoms with Crippen LogP contribution in [0.4, 0.5) is 0 Å². The summed E-state index contributed by atoms with van der Waals surface area (Å²) in [6, 6.07) is 13.0. The summed E-state index contributed by atoms with van der Waals surface area (Å²) >= 11 is 0. The predicted octanol–water partition coefficient (Wildman–Crippen LogP) is 0.939. The van der Waals surface area contributed by atoms with Crippen LogP contribution in [0.2, 0.25) is 0 Å². The fraction of sp³-hybridized carbons (Fsp3) is 0.0833. The van der Waals surface area contributed by atoms with Gasteiger partial charge >= 0.3 is 0 Å². The van der Waals surface area contributed by atoms with Gasteiger partial charge in [-0.25, -0.2) is 9.20 Å². The quantitative estimate of drug-likeness (QED) is 0.653. The molecule has 1 aromatic carbocycles. The highest BCUT2D eigenvalue weighted by molar-refractivity contribution is 5.33. The molecule has 0 saturated carbocycles. The summed E-state index contributed by atoms with van der Waals surface area (Å²) in [5, 5.41) is 7.71. The van der Waals surface area contributed by atoms with Crippen LogP contribution in [0.1, 0.15) is 5.56 Å². The van der Waals surface area contributed by atoms with Crippen LogP contribution >= 0.6 is 0 Å². The van der Waals surface area contributed by atoms with Crippen molar-refractivity contribution in [2.45, 2.75) is 6.54 Å². The summed E-state index contributed by atoms with van der Waals surface area (Å²) in [5.41, 5.74) is 1.66. The van der Waals surface area contributed by atoms with E-state index in [9.17, 15) is 4.79 Å². The molecule has 0 N–H and O–H groups in total. The van der Waals surface area contributed by atoms with Crippen molar-refractivity contribution in [1.82, 2.24) is 19.4 Å². The van der Waals surface area contributed by atoms with Gasteiger partial charge in [-0.15, -0.1) is 10.2 Å². The van der Waals surface area contributed by atoms with Gasteiger partial charge in [0.1, 0.15) is 6.33 Å². The fourth-order valence-corrected chi connectivity index (χ4v) is 1.78. The first kappa shape index (κ1) is 9.77. The van der Waals surface area contributed by atoms with E-state index in [4.69, 9.17) is 0 Å². The van der Waals surface area contributed by atoms with Gasteiger partial charge in [0.05, 0.1) is 6.54 Å². The minimum Gasteiger partial charge on any atom is -0.268 e. The lowest BCUT2D eigenvalue weighted by molar-refractivity contribution is 0.598. The first-order valence-electron chi connectivity index (χ1n) is 5.28. The molecule has 5 nitrogen and oxygen atoms in total. The van der Waals surface area contributed by atoms with E-state index in [0.29, 0.717) is 12.2 Å². The van der Waals surface area contributed by atoms with E-state index >= 15 is 0 Å². The number of hydrogen-bond acceptors (Lipinski definition) is 3. The number of benzene rings is 1. The van der Waals surface area contributed by atoms with Crippen LogP contribution in [0.5, 0.6) is 0 Å². The van der Waals surface area contributed by atoms with E-state index in [2.05, 4.69) is 10.2 Å². The Morgan fingerprint density at radius 3 is 2.71 bits per heavy atom. The molecule has 2 heterocycles. The maximum Gasteiger partial charge on any atom is 0.265 e. The summed E-state index contributed by atoms with van der Waals surface area (Å²) in [5.74, 6) is 0. The molecule has 0 spiro atoms. The van der Waals surface area contributed by atoms with Gasteiger partial charge in [0.15, 0.2) is 5.65 Å². The van der Waals surface area contributed by atoms with Crippen LogP contribution in [0, 0.1) is 0 Å². The summed E-state index contributed by atoms with van der Waals surface area (Å²) in [4.78, 5) is 11.8. The number of aromatic nitrogens is 4. The van der Waals surface area contributed by atoms with Crippen LogP contribution in [0.15, 0.2) is 53.6 Å². The van der Waals surface area contributed by atoms with Crippen LogP contribution in [-0.4, -0.2) is 19.4 Å². The Hall–Kier alpha value is -2.43. The first-order chi connectivity index (χ1) is 8.34. The highest BCUT2D eigenvalue weighted by atomic mass is 16.1. The Balaban J connectivity index is 2.14. The number of fused-ring (bicyclic) bond motifs is 1. The van der Waals surface area contributed by atoms with Gasteiger partial charge in [-0.05, 0) is 11.6 Å². The van der Waals surface area contributed by atoms with Crippen molar-refractivity contribution in [2.75, 3.05) is 0 Å². The van der Waals surface area contributed by atoms with Gasteiger partial charge in [-0.2, -0.15) is 0 Å². The predicted molar refractivity (Wildman–Crippen MR) is 62.8 cm³/mol. The van der Waals surface area contributed by atoms with Crippen molar-refractivity contribution in [3.05, 3.63) is 64.7 Å². The topological polar surface area (TPSA) is 52.2 Å². The van der Waals surface area contributed by atoms with E-state index in [1.807, 2.05) is 30.3 Å². The van der Waals surface area contributed by atoms with Crippen LogP contribution in [-0.2, 0) is 6.54 Å². The largest absolute Gasteiger partial charge is 0.268 e. The Bertz CT molecular complexity index is 699. The molecule has 0 aliphatic rings. The zero-order valence-corrected chi connectivity index (χ0v) is 9.02. The van der Waals surface area contributed by atoms with E-state index in [0.717, 1.165) is 5.56 Å². The monoisotopic (exact) mass is 226 g/mol. The van der Waals surface area contributed by atoms with Gasteiger partial charge in [0, 0.05) is 6.07 Å². The van der Waals surface area contributed by atoms with E-state index in [1.165, 1.54) is 6.07 Å². The Morgan fingerprint density at radius 1 is 1.06 bits per heavy atom. The molecule has 0 unspecified atom stereocenters. The van der Waals surface area contributed by atoms with Crippen molar-refractivity contribution in [1.29, 1.82) is 0 Å². The molecule has 0 saturated heterocycles. The van der Waals surface area contributed by atoms with Gasteiger partial charge in [0.25, 0.3) is 5.56 Å². The maximum absolute atomic E-state index is 11.8.